The zero-order valence-electron chi connectivity index (χ0n) is 11.0. The highest BCUT2D eigenvalue weighted by molar-refractivity contribution is 5.85. The van der Waals surface area contributed by atoms with Crippen molar-refractivity contribution in [1.82, 2.24) is 9.88 Å². The molecule has 0 spiro atoms. The van der Waals surface area contributed by atoms with Crippen LogP contribution in [0.1, 0.15) is 12.0 Å². The van der Waals surface area contributed by atoms with Crippen LogP contribution in [0, 0.1) is 0 Å². The smallest absolute Gasteiger partial charge is 0.0481 e. The summed E-state index contributed by atoms with van der Waals surface area (Å²) >= 11 is 0. The highest BCUT2D eigenvalue weighted by Gasteiger charge is 2.04. The maximum atomic E-state index is 5.02. The number of aromatic nitrogens is 1. The lowest BCUT2D eigenvalue weighted by molar-refractivity contribution is 0.194. The number of para-hydroxylation sites is 1. The van der Waals surface area contributed by atoms with E-state index in [2.05, 4.69) is 47.4 Å². The van der Waals surface area contributed by atoms with Crippen LogP contribution in [0.15, 0.2) is 30.5 Å². The van der Waals surface area contributed by atoms with Gasteiger partial charge < -0.3 is 14.6 Å². The molecule has 2 rings (SSSR count). The highest BCUT2D eigenvalue weighted by Crippen LogP contribution is 2.19. The van der Waals surface area contributed by atoms with Gasteiger partial charge in [0.15, 0.2) is 0 Å². The maximum absolute atomic E-state index is 5.02. The van der Waals surface area contributed by atoms with E-state index in [1.165, 1.54) is 16.5 Å². The van der Waals surface area contributed by atoms with Gasteiger partial charge in [0, 0.05) is 44.4 Å². The monoisotopic (exact) mass is 268 g/mol. The fraction of sp³-hybridized carbons (Fsp3) is 0.429. The molecule has 1 aromatic carbocycles. The zero-order valence-corrected chi connectivity index (χ0v) is 11.8. The Morgan fingerprint density at radius 2 is 2.06 bits per heavy atom. The Bertz CT molecular complexity index is 482. The quantitative estimate of drug-likeness (QED) is 0.816. The number of rotatable bonds is 6. The molecule has 4 heteroatoms. The predicted octanol–water partition coefficient (Wildman–Crippen LogP) is 2.73. The molecule has 0 bridgehead atoms. The first-order valence-corrected chi connectivity index (χ1v) is 6.05. The number of nitrogens with one attached hydrogen (secondary N) is 1. The molecule has 1 heterocycles. The van der Waals surface area contributed by atoms with E-state index in [0.29, 0.717) is 0 Å². The summed E-state index contributed by atoms with van der Waals surface area (Å²) in [5.74, 6) is 0. The second-order valence-electron chi connectivity index (χ2n) is 4.31. The summed E-state index contributed by atoms with van der Waals surface area (Å²) in [6, 6.07) is 8.51. The predicted molar refractivity (Wildman–Crippen MR) is 78.4 cm³/mol. The number of hydrogen-bond acceptors (Lipinski definition) is 2. The fourth-order valence-corrected chi connectivity index (χ4v) is 2.13. The molecule has 0 saturated carbocycles. The molecule has 0 amide bonds. The second kappa shape index (κ2) is 7.41. The van der Waals surface area contributed by atoms with Gasteiger partial charge >= 0.3 is 0 Å². The van der Waals surface area contributed by atoms with Crippen LogP contribution in [-0.2, 0) is 18.3 Å². The lowest BCUT2D eigenvalue weighted by Crippen LogP contribution is -2.15. The summed E-state index contributed by atoms with van der Waals surface area (Å²) in [5.41, 5.74) is 2.65. The highest BCUT2D eigenvalue weighted by atomic mass is 35.5. The van der Waals surface area contributed by atoms with Crippen molar-refractivity contribution in [3.05, 3.63) is 36.0 Å². The summed E-state index contributed by atoms with van der Waals surface area (Å²) < 4.78 is 7.21. The third-order valence-electron chi connectivity index (χ3n) is 3.00. The normalized spacial score (nSPS) is 10.6. The van der Waals surface area contributed by atoms with Crippen molar-refractivity contribution in [2.75, 3.05) is 20.3 Å². The zero-order chi connectivity index (χ0) is 12.1. The molecule has 0 saturated heterocycles. The van der Waals surface area contributed by atoms with E-state index < -0.39 is 0 Å². The SMILES string of the molecule is COCCCNCc1cn(C)c2ccccc12.Cl. The minimum Gasteiger partial charge on any atom is -0.385 e. The van der Waals surface area contributed by atoms with Crippen molar-refractivity contribution in [3.8, 4) is 0 Å². The average molecular weight is 269 g/mol. The molecule has 0 radical (unpaired) electrons. The molecular weight excluding hydrogens is 248 g/mol. The van der Waals surface area contributed by atoms with Crippen LogP contribution in [0.3, 0.4) is 0 Å². The molecular formula is C14H21ClN2O. The molecule has 18 heavy (non-hydrogen) atoms. The van der Waals surface area contributed by atoms with E-state index in [-0.39, 0.29) is 12.4 Å². The molecule has 0 aliphatic heterocycles. The number of fused-ring (bicyclic) bond motifs is 1. The minimum absolute atomic E-state index is 0. The third-order valence-corrected chi connectivity index (χ3v) is 3.00. The average Bonchev–Trinajstić information content (AvgIpc) is 2.67. The van der Waals surface area contributed by atoms with E-state index in [1.54, 1.807) is 7.11 Å². The largest absolute Gasteiger partial charge is 0.385 e. The van der Waals surface area contributed by atoms with Gasteiger partial charge in [-0.05, 0) is 24.6 Å². The first-order chi connectivity index (χ1) is 8.33. The molecule has 100 valence electrons. The van der Waals surface area contributed by atoms with Gasteiger partial charge in [-0.3, -0.25) is 0 Å². The third kappa shape index (κ3) is 3.48. The fourth-order valence-electron chi connectivity index (χ4n) is 2.13. The van der Waals surface area contributed by atoms with E-state index >= 15 is 0 Å². The van der Waals surface area contributed by atoms with Crippen LogP contribution in [0.5, 0.6) is 0 Å². The summed E-state index contributed by atoms with van der Waals surface area (Å²) in [7, 11) is 3.83. The van der Waals surface area contributed by atoms with Gasteiger partial charge in [0.05, 0.1) is 0 Å². The number of methoxy groups -OCH3 is 1. The molecule has 2 aromatic rings. The van der Waals surface area contributed by atoms with Crippen molar-refractivity contribution in [2.24, 2.45) is 7.05 Å². The van der Waals surface area contributed by atoms with Gasteiger partial charge in [-0.25, -0.2) is 0 Å². The van der Waals surface area contributed by atoms with Gasteiger partial charge in [0.25, 0.3) is 0 Å². The van der Waals surface area contributed by atoms with Crippen molar-refractivity contribution in [3.63, 3.8) is 0 Å². The molecule has 0 unspecified atom stereocenters. The first kappa shape index (κ1) is 15.0. The summed E-state index contributed by atoms with van der Waals surface area (Å²) in [6.45, 7) is 2.74. The van der Waals surface area contributed by atoms with E-state index in [1.807, 2.05) is 0 Å². The van der Waals surface area contributed by atoms with Gasteiger partial charge in [0.1, 0.15) is 0 Å². The van der Waals surface area contributed by atoms with Crippen LogP contribution in [0.2, 0.25) is 0 Å². The van der Waals surface area contributed by atoms with Crippen LogP contribution in [0.4, 0.5) is 0 Å². The Labute approximate surface area is 115 Å². The number of ether oxygens (including phenoxy) is 1. The van der Waals surface area contributed by atoms with Crippen molar-refractivity contribution in [1.29, 1.82) is 0 Å². The summed E-state index contributed by atoms with van der Waals surface area (Å²) in [5, 5.41) is 4.79. The first-order valence-electron chi connectivity index (χ1n) is 6.05. The number of benzene rings is 1. The Kier molecular flexibility index (Phi) is 6.19. The number of aryl methyl sites for hydroxylation is 1. The number of halogens is 1. The molecule has 0 aliphatic carbocycles. The van der Waals surface area contributed by atoms with Gasteiger partial charge in [-0.1, -0.05) is 18.2 Å². The van der Waals surface area contributed by atoms with Crippen LogP contribution >= 0.6 is 12.4 Å². The Balaban J connectivity index is 0.00000162. The minimum atomic E-state index is 0. The van der Waals surface area contributed by atoms with Crippen LogP contribution in [0.25, 0.3) is 10.9 Å². The van der Waals surface area contributed by atoms with Gasteiger partial charge in [-0.15, -0.1) is 12.4 Å². The van der Waals surface area contributed by atoms with Crippen molar-refractivity contribution < 1.29 is 4.74 Å². The van der Waals surface area contributed by atoms with Crippen molar-refractivity contribution >= 4 is 23.3 Å². The number of hydrogen-bond donors (Lipinski definition) is 1. The molecule has 0 aliphatic rings. The standard InChI is InChI=1S/C14H20N2O.ClH/c1-16-11-12(10-15-8-5-9-17-2)13-6-3-4-7-14(13)16;/h3-4,6-7,11,15H,5,8-10H2,1-2H3;1H. The van der Waals surface area contributed by atoms with Gasteiger partial charge in [0.2, 0.25) is 0 Å². The van der Waals surface area contributed by atoms with Gasteiger partial charge in [-0.2, -0.15) is 0 Å². The Morgan fingerprint density at radius 3 is 2.83 bits per heavy atom. The Hall–Kier alpha value is -1.03. The molecule has 0 fully saturated rings. The molecule has 0 atom stereocenters. The van der Waals surface area contributed by atoms with Crippen LogP contribution in [-0.4, -0.2) is 24.8 Å². The van der Waals surface area contributed by atoms with Crippen LogP contribution < -0.4 is 5.32 Å². The van der Waals surface area contributed by atoms with Crippen molar-refractivity contribution in [2.45, 2.75) is 13.0 Å². The van der Waals surface area contributed by atoms with E-state index in [0.717, 1.165) is 26.1 Å². The Morgan fingerprint density at radius 1 is 1.28 bits per heavy atom. The molecule has 3 nitrogen and oxygen atoms in total. The molecule has 1 N–H and O–H groups in total. The molecule has 1 aromatic heterocycles. The topological polar surface area (TPSA) is 26.2 Å². The lowest BCUT2D eigenvalue weighted by atomic mass is 10.2. The summed E-state index contributed by atoms with van der Waals surface area (Å²) in [6.07, 6.45) is 3.26. The maximum Gasteiger partial charge on any atom is 0.0481 e. The number of nitrogens with zero attached hydrogens (tertiary/aromatic N) is 1. The van der Waals surface area contributed by atoms with E-state index in [4.69, 9.17) is 4.74 Å². The second-order valence-corrected chi connectivity index (χ2v) is 4.31. The lowest BCUT2D eigenvalue weighted by Gasteiger charge is -2.03. The van der Waals surface area contributed by atoms with E-state index in [9.17, 15) is 0 Å². The summed E-state index contributed by atoms with van der Waals surface area (Å²) in [4.78, 5) is 0.